The average Bonchev–Trinajstić information content (AvgIpc) is 3.58. The van der Waals surface area contributed by atoms with Gasteiger partial charge in [0.25, 0.3) is 0 Å². The van der Waals surface area contributed by atoms with Crippen molar-refractivity contribution in [3.63, 3.8) is 0 Å². The van der Waals surface area contributed by atoms with Crippen molar-refractivity contribution in [2.75, 3.05) is 4.90 Å². The minimum absolute atomic E-state index is 0.0417. The van der Waals surface area contributed by atoms with Crippen LogP contribution in [0.1, 0.15) is 15.1 Å². The molecule has 48 heavy (non-hydrogen) atoms. The SMILES string of the molecule is [2H]c1c([2H])c([2H])c2c(c1[2H])c([2H])c([2H])c1c3c([2H])c(N(c4ccc5c6ccccc6n(-c6ccccc6)c5c4)c4cccc5ccccc45)c([2H])c([2H])c3c([2H])c([2H])c21. The van der Waals surface area contributed by atoms with E-state index in [9.17, 15) is 6.85 Å². The fourth-order valence-corrected chi connectivity index (χ4v) is 6.88. The maximum atomic E-state index is 10.0. The summed E-state index contributed by atoms with van der Waals surface area (Å²) in [7, 11) is 0. The van der Waals surface area contributed by atoms with Crippen LogP contribution in [-0.2, 0) is 0 Å². The molecule has 0 amide bonds. The van der Waals surface area contributed by atoms with Crippen molar-refractivity contribution in [2.24, 2.45) is 0 Å². The molecule has 0 spiro atoms. The van der Waals surface area contributed by atoms with Gasteiger partial charge in [0, 0.05) is 33.2 Å². The first-order valence-corrected chi connectivity index (χ1v) is 15.6. The lowest BCUT2D eigenvalue weighted by atomic mass is 9.96. The van der Waals surface area contributed by atoms with E-state index in [0.29, 0.717) is 11.4 Å². The summed E-state index contributed by atoms with van der Waals surface area (Å²) in [4.78, 5) is 1.75. The number of hydrogen-bond acceptors (Lipinski definition) is 1. The van der Waals surface area contributed by atoms with Crippen LogP contribution in [0.25, 0.3) is 70.6 Å². The Morgan fingerprint density at radius 1 is 0.417 bits per heavy atom. The van der Waals surface area contributed by atoms with Crippen molar-refractivity contribution < 1.29 is 15.1 Å². The van der Waals surface area contributed by atoms with Gasteiger partial charge in [0.15, 0.2) is 0 Å². The van der Waals surface area contributed by atoms with Crippen LogP contribution in [0.15, 0.2) is 182 Å². The smallest absolute Gasteiger partial charge is 0.0652 e. The fourth-order valence-electron chi connectivity index (χ4n) is 6.88. The van der Waals surface area contributed by atoms with Gasteiger partial charge in [-0.1, -0.05) is 133 Å². The topological polar surface area (TPSA) is 8.17 Å². The summed E-state index contributed by atoms with van der Waals surface area (Å²) < 4.78 is 102. The van der Waals surface area contributed by atoms with E-state index in [1.807, 2.05) is 103 Å². The van der Waals surface area contributed by atoms with Gasteiger partial charge in [0.05, 0.1) is 31.8 Å². The van der Waals surface area contributed by atoms with Gasteiger partial charge in [-0.2, -0.15) is 0 Å². The summed E-state index contributed by atoms with van der Waals surface area (Å²) in [6.45, 7) is 0. The van der Waals surface area contributed by atoms with Gasteiger partial charge in [0.1, 0.15) is 0 Å². The van der Waals surface area contributed by atoms with E-state index in [4.69, 9.17) is 8.22 Å². The van der Waals surface area contributed by atoms with Gasteiger partial charge >= 0.3 is 0 Å². The molecule has 0 aliphatic heterocycles. The molecule has 2 heteroatoms. The van der Waals surface area contributed by atoms with Gasteiger partial charge in [-0.15, -0.1) is 0 Å². The Balaban J connectivity index is 1.39. The van der Waals surface area contributed by atoms with Crippen molar-refractivity contribution in [3.05, 3.63) is 182 Å². The first-order valence-electron chi connectivity index (χ1n) is 21.1. The van der Waals surface area contributed by atoms with Crippen LogP contribution >= 0.6 is 0 Å². The van der Waals surface area contributed by atoms with E-state index in [-0.39, 0.29) is 44.0 Å². The quantitative estimate of drug-likeness (QED) is 0.178. The minimum Gasteiger partial charge on any atom is -0.310 e. The second-order valence-electron chi connectivity index (χ2n) is 11.7. The third kappa shape index (κ3) is 4.06. The summed E-state index contributed by atoms with van der Waals surface area (Å²) >= 11 is 0. The van der Waals surface area contributed by atoms with Crippen molar-refractivity contribution in [3.8, 4) is 5.69 Å². The first kappa shape index (κ1) is 18.1. The Morgan fingerprint density at radius 3 is 2.00 bits per heavy atom. The third-order valence-corrected chi connectivity index (χ3v) is 9.02. The first-order chi connectivity index (χ1) is 28.4. The highest BCUT2D eigenvalue weighted by Crippen LogP contribution is 2.43. The molecule has 9 aromatic carbocycles. The second kappa shape index (κ2) is 10.6. The predicted octanol–water partition coefficient (Wildman–Crippen LogP) is 12.9. The number of rotatable bonds is 4. The Bertz CT molecular complexity index is 3470. The summed E-state index contributed by atoms with van der Waals surface area (Å²) in [5, 5.41) is 2.47. The van der Waals surface area contributed by atoms with Crippen LogP contribution < -0.4 is 4.90 Å². The van der Waals surface area contributed by atoms with Crippen LogP contribution in [0.5, 0.6) is 0 Å². The molecule has 1 heterocycles. The summed E-state index contributed by atoms with van der Waals surface area (Å²) in [5.74, 6) is 0. The minimum atomic E-state index is -0.605. The Morgan fingerprint density at radius 2 is 1.10 bits per heavy atom. The van der Waals surface area contributed by atoms with Crippen LogP contribution in [0.4, 0.5) is 17.1 Å². The number of hydrogen-bond donors (Lipinski definition) is 0. The highest BCUT2D eigenvalue weighted by atomic mass is 15.1. The molecule has 0 aliphatic rings. The van der Waals surface area contributed by atoms with E-state index in [1.54, 1.807) is 4.90 Å². The van der Waals surface area contributed by atoms with Crippen LogP contribution in [0, 0.1) is 0 Å². The highest BCUT2D eigenvalue weighted by Gasteiger charge is 2.19. The molecule has 0 radical (unpaired) electrons. The van der Waals surface area contributed by atoms with Crippen LogP contribution in [0.3, 0.4) is 0 Å². The van der Waals surface area contributed by atoms with Gasteiger partial charge in [-0.3, -0.25) is 0 Å². The monoisotopic (exact) mass is 621 g/mol. The lowest BCUT2D eigenvalue weighted by Gasteiger charge is -2.27. The van der Waals surface area contributed by atoms with E-state index in [1.165, 1.54) is 0 Å². The van der Waals surface area contributed by atoms with Gasteiger partial charge in [0.2, 0.25) is 0 Å². The van der Waals surface area contributed by atoms with Gasteiger partial charge < -0.3 is 9.47 Å². The van der Waals surface area contributed by atoms with E-state index in [0.717, 1.165) is 38.3 Å². The lowest BCUT2D eigenvalue weighted by Crippen LogP contribution is -2.10. The normalized spacial score (nSPS) is 15.0. The second-order valence-corrected chi connectivity index (χ2v) is 11.7. The zero-order valence-electron chi connectivity index (χ0n) is 36.4. The molecule has 0 bridgehead atoms. The zero-order valence-corrected chi connectivity index (χ0v) is 25.4. The summed E-state index contributed by atoms with van der Waals surface area (Å²) in [6, 6.07) is 31.7. The molecule has 10 aromatic rings. The highest BCUT2D eigenvalue weighted by molar-refractivity contribution is 6.18. The number of aromatic nitrogens is 1. The lowest BCUT2D eigenvalue weighted by molar-refractivity contribution is 1.18. The number of nitrogens with zero attached hydrogens (tertiary/aromatic N) is 2. The zero-order chi connectivity index (χ0) is 41.2. The van der Waals surface area contributed by atoms with Crippen molar-refractivity contribution in [1.29, 1.82) is 0 Å². The van der Waals surface area contributed by atoms with E-state index in [2.05, 4.69) is 16.7 Å². The van der Waals surface area contributed by atoms with Gasteiger partial charge in [-0.05, 0) is 86.2 Å². The van der Waals surface area contributed by atoms with Crippen molar-refractivity contribution in [1.82, 2.24) is 4.57 Å². The molecule has 10 rings (SSSR count). The molecule has 224 valence electrons. The largest absolute Gasteiger partial charge is 0.310 e. The molecule has 0 fully saturated rings. The fraction of sp³-hybridized carbons (Fsp3) is 0. The maximum absolute atomic E-state index is 10.0. The van der Waals surface area contributed by atoms with Crippen molar-refractivity contribution >= 4 is 82.0 Å². The molecule has 0 aliphatic carbocycles. The van der Waals surface area contributed by atoms with E-state index < -0.39 is 60.4 Å². The molecule has 0 unspecified atom stereocenters. The Hall–Kier alpha value is -6.38. The third-order valence-electron chi connectivity index (χ3n) is 9.02. The summed E-state index contributed by atoms with van der Waals surface area (Å²) in [6.07, 6.45) is 0. The number of benzene rings is 9. The van der Waals surface area contributed by atoms with Gasteiger partial charge in [-0.25, -0.2) is 0 Å². The molecule has 1 aromatic heterocycles. The molecule has 0 saturated carbocycles. The Labute approximate surface area is 293 Å². The standard InChI is InChI=1S/C46H30N2/c1-2-14-34(15-3-1)48-45-19-9-8-18-41(45)42-28-25-36(30-46(42)48)47(44-20-10-13-31-11-5-7-17-38(31)44)35-24-21-33-23-26-39-37-16-6-4-12-32(37)22-27-40(39)43(33)29-35/h1-30H/i4D,6D,12D,16D,21D,22D,23D,24D,26D,27D,29D. The molecule has 0 N–H and O–H groups in total. The van der Waals surface area contributed by atoms with E-state index >= 15 is 0 Å². The molecular formula is C46H30N2. The van der Waals surface area contributed by atoms with Crippen LogP contribution in [-0.4, -0.2) is 4.57 Å². The molecule has 2 nitrogen and oxygen atoms in total. The maximum Gasteiger partial charge on any atom is 0.0652 e. The molecule has 0 atom stereocenters. The predicted molar refractivity (Wildman–Crippen MR) is 205 cm³/mol. The number of fused-ring (bicyclic) bond motifs is 9. The number of anilines is 3. The Kier molecular flexibility index (Phi) is 3.99. The molecule has 0 saturated heterocycles. The summed E-state index contributed by atoms with van der Waals surface area (Å²) in [5.41, 5.74) is 3.84. The molecular weight excluding hydrogens is 581 g/mol. The number of para-hydroxylation sites is 2. The average molecular weight is 622 g/mol. The van der Waals surface area contributed by atoms with Crippen LogP contribution in [0.2, 0.25) is 0 Å². The van der Waals surface area contributed by atoms with Crippen molar-refractivity contribution in [2.45, 2.75) is 0 Å².